The Hall–Kier alpha value is -2.28. The summed E-state index contributed by atoms with van der Waals surface area (Å²) in [6, 6.07) is 11.7. The van der Waals surface area contributed by atoms with Crippen LogP contribution < -0.4 is 15.4 Å². The Morgan fingerprint density at radius 2 is 1.93 bits per heavy atom. The molecule has 1 aliphatic rings. The largest absolute Gasteiger partial charge is 0.495 e. The van der Waals surface area contributed by atoms with Crippen molar-refractivity contribution in [3.8, 4) is 5.75 Å². The fourth-order valence-electron chi connectivity index (χ4n) is 3.24. The number of amides is 2. The first-order valence-corrected chi connectivity index (χ1v) is 9.66. The van der Waals surface area contributed by atoms with Crippen LogP contribution in [-0.2, 0) is 9.59 Å². The molecule has 2 amide bonds. The summed E-state index contributed by atoms with van der Waals surface area (Å²) in [5.74, 6) is 0.180. The Kier molecular flexibility index (Phi) is 6.78. The van der Waals surface area contributed by atoms with Gasteiger partial charge in [0, 0.05) is 5.02 Å². The highest BCUT2D eigenvalue weighted by atomic mass is 35.5. The molecule has 2 N–H and O–H groups in total. The highest BCUT2D eigenvalue weighted by molar-refractivity contribution is 6.35. The molecule has 1 atom stereocenters. The fraction of sp³-hybridized carbons (Fsp3) is 0.300. The third-order valence-electron chi connectivity index (χ3n) is 4.58. The minimum atomic E-state index is -0.404. The van der Waals surface area contributed by atoms with Crippen molar-refractivity contribution in [2.45, 2.75) is 18.9 Å². The molecule has 0 bridgehead atoms. The zero-order chi connectivity index (χ0) is 20.1. The molecule has 0 aliphatic carbocycles. The van der Waals surface area contributed by atoms with Crippen LogP contribution in [0.15, 0.2) is 42.5 Å². The average Bonchev–Trinajstić information content (AvgIpc) is 3.13. The van der Waals surface area contributed by atoms with E-state index in [1.54, 1.807) is 37.4 Å². The van der Waals surface area contributed by atoms with E-state index < -0.39 is 6.04 Å². The van der Waals surface area contributed by atoms with Gasteiger partial charge in [-0.05, 0) is 49.7 Å². The summed E-state index contributed by atoms with van der Waals surface area (Å²) in [5.41, 5.74) is 1.06. The number of nitrogens with one attached hydrogen (secondary N) is 2. The molecular weight excluding hydrogens is 401 g/mol. The molecule has 1 aliphatic heterocycles. The number of rotatable bonds is 6. The second-order valence-corrected chi connectivity index (χ2v) is 7.33. The Bertz CT molecular complexity index is 876. The maximum absolute atomic E-state index is 12.7. The molecule has 1 fully saturated rings. The molecule has 0 aromatic heterocycles. The smallest absolute Gasteiger partial charge is 0.241 e. The lowest BCUT2D eigenvalue weighted by atomic mass is 10.2. The molecule has 0 unspecified atom stereocenters. The molecule has 2 aromatic carbocycles. The average molecular weight is 422 g/mol. The molecule has 8 heteroatoms. The normalized spacial score (nSPS) is 16.6. The number of carbonyl (C=O) groups excluding carboxylic acids is 2. The third-order valence-corrected chi connectivity index (χ3v) is 5.15. The number of nitrogens with zero attached hydrogens (tertiary/aromatic N) is 1. The van der Waals surface area contributed by atoms with Crippen molar-refractivity contribution >= 4 is 46.4 Å². The van der Waals surface area contributed by atoms with E-state index in [4.69, 9.17) is 27.9 Å². The summed E-state index contributed by atoms with van der Waals surface area (Å²) in [6.07, 6.45) is 1.51. The number of likely N-dealkylation sites (tertiary alicyclic amines) is 1. The van der Waals surface area contributed by atoms with E-state index in [0.717, 1.165) is 6.42 Å². The zero-order valence-corrected chi connectivity index (χ0v) is 16.9. The SMILES string of the molecule is COc1ccccc1NC(=O)CN1CCC[C@@H]1C(=O)Nc1cc(Cl)ccc1Cl. The predicted octanol–water partition coefficient (Wildman–Crippen LogP) is 4.04. The lowest BCUT2D eigenvalue weighted by molar-refractivity contribution is -0.122. The van der Waals surface area contributed by atoms with Crippen molar-refractivity contribution in [1.82, 2.24) is 4.90 Å². The van der Waals surface area contributed by atoms with Crippen LogP contribution in [0.2, 0.25) is 10.0 Å². The van der Waals surface area contributed by atoms with Crippen LogP contribution in [0.1, 0.15) is 12.8 Å². The monoisotopic (exact) mass is 421 g/mol. The van der Waals surface area contributed by atoms with Gasteiger partial charge in [-0.2, -0.15) is 0 Å². The van der Waals surface area contributed by atoms with E-state index in [9.17, 15) is 9.59 Å². The third kappa shape index (κ3) is 4.95. The van der Waals surface area contributed by atoms with Crippen LogP contribution >= 0.6 is 23.2 Å². The molecule has 6 nitrogen and oxygen atoms in total. The van der Waals surface area contributed by atoms with Gasteiger partial charge >= 0.3 is 0 Å². The summed E-state index contributed by atoms with van der Waals surface area (Å²) in [5, 5.41) is 6.55. The molecule has 28 heavy (non-hydrogen) atoms. The molecule has 0 saturated carbocycles. The number of benzene rings is 2. The number of hydrogen-bond acceptors (Lipinski definition) is 4. The first kappa shape index (κ1) is 20.5. The van der Waals surface area contributed by atoms with Crippen LogP contribution in [0.3, 0.4) is 0 Å². The van der Waals surface area contributed by atoms with Crippen LogP contribution in [0.4, 0.5) is 11.4 Å². The first-order chi connectivity index (χ1) is 13.5. The van der Waals surface area contributed by atoms with Gasteiger partial charge in [-0.3, -0.25) is 14.5 Å². The Labute approximate surface area is 173 Å². The van der Waals surface area contributed by atoms with Crippen molar-refractivity contribution < 1.29 is 14.3 Å². The number of hydrogen-bond donors (Lipinski definition) is 2. The van der Waals surface area contributed by atoms with Crippen LogP contribution in [0, 0.1) is 0 Å². The van der Waals surface area contributed by atoms with E-state index in [2.05, 4.69) is 10.6 Å². The van der Waals surface area contributed by atoms with Gasteiger partial charge in [-0.1, -0.05) is 35.3 Å². The summed E-state index contributed by atoms with van der Waals surface area (Å²) in [7, 11) is 1.55. The van der Waals surface area contributed by atoms with Gasteiger partial charge in [0.1, 0.15) is 5.75 Å². The molecule has 1 heterocycles. The summed E-state index contributed by atoms with van der Waals surface area (Å²) >= 11 is 12.1. The number of anilines is 2. The molecule has 1 saturated heterocycles. The van der Waals surface area contributed by atoms with E-state index in [1.807, 2.05) is 17.0 Å². The minimum absolute atomic E-state index is 0.111. The zero-order valence-electron chi connectivity index (χ0n) is 15.4. The van der Waals surface area contributed by atoms with Crippen LogP contribution in [0.25, 0.3) is 0 Å². The Morgan fingerprint density at radius 1 is 1.14 bits per heavy atom. The van der Waals surface area contributed by atoms with Gasteiger partial charge in [0.15, 0.2) is 0 Å². The van der Waals surface area contributed by atoms with Gasteiger partial charge in [0.05, 0.1) is 36.1 Å². The van der Waals surface area contributed by atoms with Gasteiger partial charge in [-0.15, -0.1) is 0 Å². The van der Waals surface area contributed by atoms with E-state index in [-0.39, 0.29) is 18.4 Å². The van der Waals surface area contributed by atoms with Crippen molar-refractivity contribution in [1.29, 1.82) is 0 Å². The molecule has 2 aromatic rings. The lowest BCUT2D eigenvalue weighted by Crippen LogP contribution is -2.43. The molecular formula is C20H21Cl2N3O3. The number of carbonyl (C=O) groups is 2. The quantitative estimate of drug-likeness (QED) is 0.737. The number of ether oxygens (including phenoxy) is 1. The van der Waals surface area contributed by atoms with Crippen LogP contribution in [0.5, 0.6) is 5.75 Å². The first-order valence-electron chi connectivity index (χ1n) is 8.91. The second-order valence-electron chi connectivity index (χ2n) is 6.49. The maximum Gasteiger partial charge on any atom is 0.241 e. The lowest BCUT2D eigenvalue weighted by Gasteiger charge is -2.23. The van der Waals surface area contributed by atoms with Crippen molar-refractivity contribution in [2.24, 2.45) is 0 Å². The molecule has 148 valence electrons. The summed E-state index contributed by atoms with van der Waals surface area (Å²) in [6.45, 7) is 0.778. The van der Waals surface area contributed by atoms with Gasteiger partial charge < -0.3 is 15.4 Å². The highest BCUT2D eigenvalue weighted by Crippen LogP contribution is 2.27. The maximum atomic E-state index is 12.7. The number of methoxy groups -OCH3 is 1. The minimum Gasteiger partial charge on any atom is -0.495 e. The Morgan fingerprint density at radius 3 is 2.71 bits per heavy atom. The highest BCUT2D eigenvalue weighted by Gasteiger charge is 2.32. The summed E-state index contributed by atoms with van der Waals surface area (Å²) in [4.78, 5) is 27.1. The second kappa shape index (κ2) is 9.28. The fourth-order valence-corrected chi connectivity index (χ4v) is 3.58. The predicted molar refractivity (Wildman–Crippen MR) is 111 cm³/mol. The molecule has 0 spiro atoms. The van der Waals surface area contributed by atoms with E-state index >= 15 is 0 Å². The number of para-hydroxylation sites is 2. The van der Waals surface area contributed by atoms with Crippen molar-refractivity contribution in [3.05, 3.63) is 52.5 Å². The van der Waals surface area contributed by atoms with Gasteiger partial charge in [0.2, 0.25) is 11.8 Å². The molecule has 3 rings (SSSR count). The number of halogens is 2. The Balaban J connectivity index is 1.63. The topological polar surface area (TPSA) is 70.7 Å². The van der Waals surface area contributed by atoms with Crippen LogP contribution in [-0.4, -0.2) is 43.0 Å². The van der Waals surface area contributed by atoms with Crippen molar-refractivity contribution in [2.75, 3.05) is 30.8 Å². The van der Waals surface area contributed by atoms with E-state index in [0.29, 0.717) is 40.1 Å². The summed E-state index contributed by atoms with van der Waals surface area (Å²) < 4.78 is 5.25. The standard InChI is InChI=1S/C20H21Cl2N3O3/c1-28-18-7-3-2-5-15(18)23-19(26)12-25-10-4-6-17(25)20(27)24-16-11-13(21)8-9-14(16)22/h2-3,5,7-9,11,17H,4,6,10,12H2,1H3,(H,23,26)(H,24,27)/t17-/m1/s1. The van der Waals surface area contributed by atoms with Crippen molar-refractivity contribution in [3.63, 3.8) is 0 Å². The van der Waals surface area contributed by atoms with E-state index in [1.165, 1.54) is 0 Å². The van der Waals surface area contributed by atoms with Gasteiger partial charge in [0.25, 0.3) is 0 Å². The molecule has 0 radical (unpaired) electrons. The van der Waals surface area contributed by atoms with Gasteiger partial charge in [-0.25, -0.2) is 0 Å².